The molecule has 7 heteroatoms. The molecule has 24 heavy (non-hydrogen) atoms. The monoisotopic (exact) mass is 468 g/mol. The highest BCUT2D eigenvalue weighted by Crippen LogP contribution is 2.27. The van der Waals surface area contributed by atoms with E-state index in [2.05, 4.69) is 41.6 Å². The third kappa shape index (κ3) is 3.39. The number of hydrogen-bond acceptors (Lipinski definition) is 3. The molecule has 0 bridgehead atoms. The molecule has 124 valence electrons. The summed E-state index contributed by atoms with van der Waals surface area (Å²) in [5.41, 5.74) is 1.84. The second-order valence-corrected chi connectivity index (χ2v) is 8.78. The van der Waals surface area contributed by atoms with Crippen LogP contribution in [0.3, 0.4) is 0 Å². The quantitative estimate of drug-likeness (QED) is 0.609. The van der Waals surface area contributed by atoms with E-state index >= 15 is 0 Å². The summed E-state index contributed by atoms with van der Waals surface area (Å²) in [6.07, 6.45) is 3.27. The van der Waals surface area contributed by atoms with Gasteiger partial charge in [-0.2, -0.15) is 0 Å². The summed E-state index contributed by atoms with van der Waals surface area (Å²) in [6.45, 7) is 2.13. The van der Waals surface area contributed by atoms with E-state index in [1.54, 1.807) is 24.5 Å². The summed E-state index contributed by atoms with van der Waals surface area (Å²) in [6, 6.07) is 11.0. The molecule has 1 heterocycles. The Morgan fingerprint density at radius 1 is 1.00 bits per heavy atom. The van der Waals surface area contributed by atoms with Crippen molar-refractivity contribution in [1.82, 2.24) is 9.71 Å². The van der Waals surface area contributed by atoms with Gasteiger partial charge in [0, 0.05) is 33.3 Å². The zero-order valence-electron chi connectivity index (χ0n) is 12.8. The minimum Gasteiger partial charge on any atom is -0.262 e. The predicted molar refractivity (Wildman–Crippen MR) is 102 cm³/mol. The largest absolute Gasteiger partial charge is 0.262 e. The summed E-state index contributed by atoms with van der Waals surface area (Å²) in [4.78, 5) is 4.31. The van der Waals surface area contributed by atoms with Crippen molar-refractivity contribution < 1.29 is 8.42 Å². The smallest absolute Gasteiger partial charge is 0.241 e. The van der Waals surface area contributed by atoms with Crippen LogP contribution in [0.2, 0.25) is 0 Å². The Balaban J connectivity index is 1.99. The number of pyridine rings is 1. The first-order valence-electron chi connectivity index (χ1n) is 7.16. The number of nitrogens with one attached hydrogen (secondary N) is 1. The molecule has 0 atom stereocenters. The van der Waals surface area contributed by atoms with Crippen molar-refractivity contribution in [3.8, 4) is 0 Å². The lowest BCUT2D eigenvalue weighted by Crippen LogP contribution is -2.24. The molecule has 0 aliphatic rings. The molecule has 0 radical (unpaired) electrons. The Bertz CT molecular complexity index is 1000. The van der Waals surface area contributed by atoms with Gasteiger partial charge in [0.2, 0.25) is 10.0 Å². The number of nitrogens with zero attached hydrogens (tertiary/aromatic N) is 1. The molecule has 0 spiro atoms. The van der Waals surface area contributed by atoms with Gasteiger partial charge in [0.1, 0.15) is 0 Å². The van der Waals surface area contributed by atoms with E-state index in [-0.39, 0.29) is 11.4 Å². The van der Waals surface area contributed by atoms with Crippen molar-refractivity contribution in [3.63, 3.8) is 0 Å². The molecule has 1 aromatic heterocycles. The highest BCUT2D eigenvalue weighted by Gasteiger charge is 2.18. The number of hydrogen-bond donors (Lipinski definition) is 1. The molecule has 0 unspecified atom stereocenters. The molecule has 0 fully saturated rings. The molecule has 0 saturated carbocycles. The molecule has 4 nitrogen and oxygen atoms in total. The number of fused-ring (bicyclic) bond motifs is 1. The van der Waals surface area contributed by atoms with Gasteiger partial charge in [0.15, 0.2) is 0 Å². The maximum atomic E-state index is 12.8. The van der Waals surface area contributed by atoms with E-state index in [1.165, 1.54) is 0 Å². The van der Waals surface area contributed by atoms with Crippen LogP contribution >= 0.6 is 31.9 Å². The number of benzene rings is 2. The number of halogens is 2. The average Bonchev–Trinajstić information content (AvgIpc) is 2.54. The van der Waals surface area contributed by atoms with Crippen LogP contribution in [0.25, 0.3) is 10.8 Å². The lowest BCUT2D eigenvalue weighted by atomic mass is 10.1. The van der Waals surface area contributed by atoms with Gasteiger partial charge in [-0.25, -0.2) is 13.1 Å². The first-order valence-corrected chi connectivity index (χ1v) is 10.2. The van der Waals surface area contributed by atoms with Gasteiger partial charge in [0.05, 0.1) is 4.90 Å². The van der Waals surface area contributed by atoms with Crippen molar-refractivity contribution in [2.75, 3.05) is 0 Å². The maximum absolute atomic E-state index is 12.8. The molecule has 3 aromatic rings. The van der Waals surface area contributed by atoms with Crippen LogP contribution in [0.15, 0.2) is 62.6 Å². The van der Waals surface area contributed by atoms with Crippen LogP contribution in [0, 0.1) is 6.92 Å². The van der Waals surface area contributed by atoms with Gasteiger partial charge in [-0.15, -0.1) is 0 Å². The predicted octanol–water partition coefficient (Wildman–Crippen LogP) is 4.55. The molecule has 0 aliphatic carbocycles. The van der Waals surface area contributed by atoms with Gasteiger partial charge in [-0.05, 0) is 61.4 Å². The fraction of sp³-hybridized carbons (Fsp3) is 0.118. The van der Waals surface area contributed by atoms with E-state index in [0.29, 0.717) is 0 Å². The lowest BCUT2D eigenvalue weighted by molar-refractivity contribution is 0.582. The Kier molecular flexibility index (Phi) is 5.05. The number of rotatable bonds is 4. The molecule has 1 N–H and O–H groups in total. The SMILES string of the molecule is Cc1cccc2c(S(=O)(=O)NCc3c(Br)cncc3Br)cccc12. The van der Waals surface area contributed by atoms with Gasteiger partial charge < -0.3 is 0 Å². The fourth-order valence-electron chi connectivity index (χ4n) is 2.52. The third-order valence-corrected chi connectivity index (χ3v) is 6.61. The van der Waals surface area contributed by atoms with E-state index in [9.17, 15) is 8.42 Å². The van der Waals surface area contributed by atoms with Crippen molar-refractivity contribution in [3.05, 3.63) is 68.9 Å². The lowest BCUT2D eigenvalue weighted by Gasteiger charge is -2.12. The minimum atomic E-state index is -3.65. The third-order valence-electron chi connectivity index (χ3n) is 3.78. The van der Waals surface area contributed by atoms with Crippen LogP contribution in [0.5, 0.6) is 0 Å². The summed E-state index contributed by atoms with van der Waals surface area (Å²) in [5, 5.41) is 1.66. The minimum absolute atomic E-state index is 0.161. The molecule has 0 saturated heterocycles. The van der Waals surface area contributed by atoms with Crippen LogP contribution in [-0.2, 0) is 16.6 Å². The van der Waals surface area contributed by atoms with E-state index in [1.807, 2.05) is 31.2 Å². The first-order chi connectivity index (χ1) is 11.4. The molecule has 2 aromatic carbocycles. The van der Waals surface area contributed by atoms with Crippen molar-refractivity contribution in [2.45, 2.75) is 18.4 Å². The van der Waals surface area contributed by atoms with Gasteiger partial charge in [-0.3, -0.25) is 4.98 Å². The number of aromatic nitrogens is 1. The van der Waals surface area contributed by atoms with Gasteiger partial charge in [-0.1, -0.05) is 30.3 Å². The molecular formula is C17H14Br2N2O2S. The fourth-order valence-corrected chi connectivity index (χ4v) is 4.95. The zero-order chi connectivity index (χ0) is 17.3. The van der Waals surface area contributed by atoms with Crippen molar-refractivity contribution in [2.24, 2.45) is 0 Å². The number of aryl methyl sites for hydroxylation is 1. The van der Waals surface area contributed by atoms with E-state index in [0.717, 1.165) is 30.8 Å². The Hall–Kier alpha value is -1.28. The molecular weight excluding hydrogens is 456 g/mol. The maximum Gasteiger partial charge on any atom is 0.241 e. The topological polar surface area (TPSA) is 59.1 Å². The van der Waals surface area contributed by atoms with E-state index < -0.39 is 10.0 Å². The second kappa shape index (κ2) is 6.92. The summed E-state index contributed by atoms with van der Waals surface area (Å²) in [7, 11) is -3.65. The molecule has 3 rings (SSSR count). The highest BCUT2D eigenvalue weighted by molar-refractivity contribution is 9.11. The second-order valence-electron chi connectivity index (χ2n) is 5.33. The first kappa shape index (κ1) is 17.5. The van der Waals surface area contributed by atoms with Crippen molar-refractivity contribution in [1.29, 1.82) is 0 Å². The summed E-state index contributed by atoms with van der Waals surface area (Å²) >= 11 is 6.79. The summed E-state index contributed by atoms with van der Waals surface area (Å²) in [5.74, 6) is 0. The summed E-state index contributed by atoms with van der Waals surface area (Å²) < 4.78 is 29.7. The zero-order valence-corrected chi connectivity index (χ0v) is 16.7. The molecule has 0 aliphatic heterocycles. The van der Waals surface area contributed by atoms with Crippen LogP contribution in [0.1, 0.15) is 11.1 Å². The number of sulfonamides is 1. The van der Waals surface area contributed by atoms with Crippen LogP contribution in [0.4, 0.5) is 0 Å². The van der Waals surface area contributed by atoms with E-state index in [4.69, 9.17) is 0 Å². The van der Waals surface area contributed by atoms with Crippen LogP contribution in [-0.4, -0.2) is 13.4 Å². The van der Waals surface area contributed by atoms with Crippen LogP contribution < -0.4 is 4.72 Å². The highest BCUT2D eigenvalue weighted by atomic mass is 79.9. The molecule has 0 amide bonds. The Labute approximate surface area is 157 Å². The Morgan fingerprint density at radius 2 is 1.62 bits per heavy atom. The average molecular weight is 470 g/mol. The normalized spacial score (nSPS) is 11.8. The van der Waals surface area contributed by atoms with Gasteiger partial charge in [0.25, 0.3) is 0 Å². The standard InChI is InChI=1S/C17H14Br2N2O2S/c1-11-4-2-6-13-12(11)5-3-7-17(13)24(22,23)21-8-14-15(18)9-20-10-16(14)19/h2-7,9-10,21H,8H2,1H3. The Morgan fingerprint density at radius 3 is 2.33 bits per heavy atom. The van der Waals surface area contributed by atoms with Crippen molar-refractivity contribution >= 4 is 52.7 Å². The van der Waals surface area contributed by atoms with Gasteiger partial charge >= 0.3 is 0 Å².